The summed E-state index contributed by atoms with van der Waals surface area (Å²) in [5.41, 5.74) is 2.18. The molecule has 1 aromatic carbocycles. The molecule has 3 heteroatoms. The fourth-order valence-corrected chi connectivity index (χ4v) is 2.21. The third-order valence-corrected chi connectivity index (χ3v) is 3.23. The lowest BCUT2D eigenvalue weighted by Gasteiger charge is -2.11. The van der Waals surface area contributed by atoms with Crippen LogP contribution in [-0.4, -0.2) is 0 Å². The second-order valence-corrected chi connectivity index (χ2v) is 4.72. The fourth-order valence-electron chi connectivity index (χ4n) is 1.59. The molecule has 1 aliphatic carbocycles. The largest absolute Gasteiger partial charge is 0.206 e. The molecule has 0 bridgehead atoms. The molecule has 15 heavy (non-hydrogen) atoms. The van der Waals surface area contributed by atoms with E-state index in [4.69, 9.17) is 11.6 Å². The van der Waals surface area contributed by atoms with E-state index < -0.39 is 0 Å². The van der Waals surface area contributed by atoms with Gasteiger partial charge in [0.25, 0.3) is 0 Å². The van der Waals surface area contributed by atoms with Crippen LogP contribution in [-0.2, 0) is 0 Å². The van der Waals surface area contributed by atoms with Gasteiger partial charge in [0.05, 0.1) is 4.47 Å². The van der Waals surface area contributed by atoms with Crippen LogP contribution in [0.2, 0.25) is 0 Å². The van der Waals surface area contributed by atoms with Gasteiger partial charge < -0.3 is 0 Å². The molecule has 0 amide bonds. The number of benzene rings is 1. The van der Waals surface area contributed by atoms with Crippen molar-refractivity contribution in [1.29, 1.82) is 0 Å². The minimum absolute atomic E-state index is 0.239. The Morgan fingerprint density at radius 2 is 2.13 bits per heavy atom. The van der Waals surface area contributed by atoms with E-state index in [1.165, 1.54) is 6.07 Å². The summed E-state index contributed by atoms with van der Waals surface area (Å²) in [5, 5.41) is 0.761. The molecule has 0 heterocycles. The van der Waals surface area contributed by atoms with E-state index >= 15 is 0 Å². The van der Waals surface area contributed by atoms with Gasteiger partial charge in [0.1, 0.15) is 5.82 Å². The number of rotatable bonds is 1. The second kappa shape index (κ2) is 4.50. The van der Waals surface area contributed by atoms with Crippen LogP contribution in [0.15, 0.2) is 39.9 Å². The Morgan fingerprint density at radius 3 is 2.80 bits per heavy atom. The number of allylic oxidation sites excluding steroid dienone is 4. The number of halogens is 3. The molecule has 1 aliphatic rings. The summed E-state index contributed by atoms with van der Waals surface area (Å²) in [5.74, 6) is -0.239. The van der Waals surface area contributed by atoms with E-state index in [1.807, 2.05) is 12.2 Å². The van der Waals surface area contributed by atoms with Crippen molar-refractivity contribution >= 4 is 33.1 Å². The monoisotopic (exact) mass is 286 g/mol. The Labute approximate surface area is 102 Å². The molecule has 1 aromatic rings. The van der Waals surface area contributed by atoms with Crippen LogP contribution in [0, 0.1) is 5.82 Å². The lowest BCUT2D eigenvalue weighted by molar-refractivity contribution is 0.621. The van der Waals surface area contributed by atoms with E-state index in [0.717, 1.165) is 29.0 Å². The van der Waals surface area contributed by atoms with Gasteiger partial charge in [-0.3, -0.25) is 0 Å². The van der Waals surface area contributed by atoms with Crippen molar-refractivity contribution < 1.29 is 4.39 Å². The highest BCUT2D eigenvalue weighted by atomic mass is 79.9. The van der Waals surface area contributed by atoms with Gasteiger partial charge in [0.15, 0.2) is 0 Å². The first-order valence-corrected chi connectivity index (χ1v) is 5.85. The maximum atomic E-state index is 13.0. The average molecular weight is 288 g/mol. The van der Waals surface area contributed by atoms with E-state index in [-0.39, 0.29) is 5.82 Å². The maximum absolute atomic E-state index is 13.0. The highest BCUT2D eigenvalue weighted by molar-refractivity contribution is 9.10. The molecule has 0 radical (unpaired) electrons. The first-order valence-electron chi connectivity index (χ1n) is 4.68. The average Bonchev–Trinajstić information content (AvgIpc) is 2.22. The third kappa shape index (κ3) is 2.50. The van der Waals surface area contributed by atoms with Crippen LogP contribution >= 0.6 is 27.5 Å². The van der Waals surface area contributed by atoms with Gasteiger partial charge in [-0.25, -0.2) is 4.39 Å². The van der Waals surface area contributed by atoms with Crippen molar-refractivity contribution in [3.8, 4) is 0 Å². The zero-order valence-electron chi connectivity index (χ0n) is 7.93. The van der Waals surface area contributed by atoms with Crippen LogP contribution < -0.4 is 0 Å². The Morgan fingerprint density at radius 1 is 1.33 bits per heavy atom. The van der Waals surface area contributed by atoms with Crippen LogP contribution in [0.5, 0.6) is 0 Å². The molecule has 0 spiro atoms. The molecule has 0 atom stereocenters. The zero-order chi connectivity index (χ0) is 10.8. The molecule has 0 saturated heterocycles. The minimum atomic E-state index is -0.239. The first-order chi connectivity index (χ1) is 7.16. The lowest BCUT2D eigenvalue weighted by Crippen LogP contribution is -1.91. The summed E-state index contributed by atoms with van der Waals surface area (Å²) >= 11 is 9.11. The Kier molecular flexibility index (Phi) is 3.27. The summed E-state index contributed by atoms with van der Waals surface area (Å²) in [4.78, 5) is 0. The van der Waals surface area contributed by atoms with Crippen LogP contribution in [0.4, 0.5) is 4.39 Å². The fraction of sp³-hybridized carbons (Fsp3) is 0.167. The van der Waals surface area contributed by atoms with Gasteiger partial charge in [-0.2, -0.15) is 0 Å². The number of hydrogen-bond acceptors (Lipinski definition) is 0. The van der Waals surface area contributed by atoms with Crippen molar-refractivity contribution in [1.82, 2.24) is 0 Å². The number of hydrogen-bond donors (Lipinski definition) is 0. The van der Waals surface area contributed by atoms with E-state index in [1.54, 1.807) is 12.1 Å². The summed E-state index contributed by atoms with van der Waals surface area (Å²) in [6.07, 6.45) is 5.82. The van der Waals surface area contributed by atoms with E-state index in [9.17, 15) is 4.39 Å². The summed E-state index contributed by atoms with van der Waals surface area (Å²) < 4.78 is 13.5. The molecule has 78 valence electrons. The standard InChI is InChI=1S/C12H9BrClF/c13-11-7-9(4-5-12(11)15)8-2-1-3-10(14)6-8/h3-7H,1-2H2. The van der Waals surface area contributed by atoms with Gasteiger partial charge in [0, 0.05) is 5.03 Å². The molecule has 0 N–H and O–H groups in total. The first kappa shape index (κ1) is 10.9. The molecule has 0 saturated carbocycles. The van der Waals surface area contributed by atoms with Crippen LogP contribution in [0.1, 0.15) is 18.4 Å². The highest BCUT2D eigenvalue weighted by Crippen LogP contribution is 2.30. The van der Waals surface area contributed by atoms with Gasteiger partial charge >= 0.3 is 0 Å². The second-order valence-electron chi connectivity index (χ2n) is 3.43. The molecule has 0 aromatic heterocycles. The predicted octanol–water partition coefficient (Wildman–Crippen LogP) is 4.89. The Balaban J connectivity index is 2.38. The molecule has 0 aliphatic heterocycles. The molecule has 0 unspecified atom stereocenters. The predicted molar refractivity (Wildman–Crippen MR) is 65.2 cm³/mol. The summed E-state index contributed by atoms with van der Waals surface area (Å²) in [6, 6.07) is 5.03. The lowest BCUT2D eigenvalue weighted by atomic mass is 9.97. The highest BCUT2D eigenvalue weighted by Gasteiger charge is 2.08. The SMILES string of the molecule is Fc1ccc(C2=CC(Cl)=CCC2)cc1Br. The van der Waals surface area contributed by atoms with Crippen LogP contribution in [0.3, 0.4) is 0 Å². The van der Waals surface area contributed by atoms with E-state index in [2.05, 4.69) is 15.9 Å². The molecule has 2 rings (SSSR count). The van der Waals surface area contributed by atoms with Crippen LogP contribution in [0.25, 0.3) is 5.57 Å². The smallest absolute Gasteiger partial charge is 0.137 e. The van der Waals surface area contributed by atoms with Crippen molar-refractivity contribution in [3.05, 3.63) is 51.2 Å². The van der Waals surface area contributed by atoms with Gasteiger partial charge in [0.2, 0.25) is 0 Å². The van der Waals surface area contributed by atoms with E-state index in [0.29, 0.717) is 4.47 Å². The minimum Gasteiger partial charge on any atom is -0.206 e. The summed E-state index contributed by atoms with van der Waals surface area (Å²) in [6.45, 7) is 0. The Hall–Kier alpha value is -0.600. The molecule has 0 nitrogen and oxygen atoms in total. The topological polar surface area (TPSA) is 0 Å². The normalized spacial score (nSPS) is 15.9. The van der Waals surface area contributed by atoms with Gasteiger partial charge in [-0.1, -0.05) is 23.7 Å². The van der Waals surface area contributed by atoms with Gasteiger partial charge in [-0.05, 0) is 58.1 Å². The summed E-state index contributed by atoms with van der Waals surface area (Å²) in [7, 11) is 0. The molecular formula is C12H9BrClF. The third-order valence-electron chi connectivity index (χ3n) is 2.36. The molecular weight excluding hydrogens is 278 g/mol. The van der Waals surface area contributed by atoms with Crippen molar-refractivity contribution in [2.24, 2.45) is 0 Å². The maximum Gasteiger partial charge on any atom is 0.137 e. The van der Waals surface area contributed by atoms with Crippen molar-refractivity contribution in [2.75, 3.05) is 0 Å². The Bertz CT molecular complexity index is 449. The molecule has 0 fully saturated rings. The van der Waals surface area contributed by atoms with Crippen molar-refractivity contribution in [2.45, 2.75) is 12.8 Å². The van der Waals surface area contributed by atoms with Gasteiger partial charge in [-0.15, -0.1) is 0 Å². The quantitative estimate of drug-likeness (QED) is 0.690. The van der Waals surface area contributed by atoms with Crippen molar-refractivity contribution in [3.63, 3.8) is 0 Å². The zero-order valence-corrected chi connectivity index (χ0v) is 10.3.